The van der Waals surface area contributed by atoms with Gasteiger partial charge in [0.15, 0.2) is 0 Å². The standard InChI is InChI=1S/C14H22N4O/c1-14(13(19)16-3)6-7-18(10-14)9-11-4-5-12(15-2)17-8-11/h4-5,8H,6-7,9-10H2,1-3H3,(H,15,17)(H,16,19). The number of pyridine rings is 1. The second-order valence-corrected chi connectivity index (χ2v) is 5.40. The van der Waals surface area contributed by atoms with Crippen molar-refractivity contribution in [2.24, 2.45) is 5.41 Å². The Bertz CT molecular complexity index is 445. The molecule has 0 radical (unpaired) electrons. The second-order valence-electron chi connectivity index (χ2n) is 5.40. The van der Waals surface area contributed by atoms with Crippen molar-refractivity contribution in [2.45, 2.75) is 19.9 Å². The number of anilines is 1. The van der Waals surface area contributed by atoms with Crippen molar-refractivity contribution in [1.82, 2.24) is 15.2 Å². The van der Waals surface area contributed by atoms with Crippen LogP contribution < -0.4 is 10.6 Å². The Kier molecular flexibility index (Phi) is 4.04. The van der Waals surface area contributed by atoms with Gasteiger partial charge >= 0.3 is 0 Å². The summed E-state index contributed by atoms with van der Waals surface area (Å²) < 4.78 is 0. The van der Waals surface area contributed by atoms with Crippen LogP contribution in [0.4, 0.5) is 5.82 Å². The summed E-state index contributed by atoms with van der Waals surface area (Å²) in [5.74, 6) is 1.01. The Labute approximate surface area is 114 Å². The highest BCUT2D eigenvalue weighted by Crippen LogP contribution is 2.30. The number of carbonyl (C=O) groups is 1. The van der Waals surface area contributed by atoms with Crippen LogP contribution in [0.25, 0.3) is 0 Å². The molecule has 2 N–H and O–H groups in total. The molecule has 1 amide bonds. The first-order valence-electron chi connectivity index (χ1n) is 6.64. The summed E-state index contributed by atoms with van der Waals surface area (Å²) in [5, 5.41) is 5.77. The van der Waals surface area contributed by atoms with E-state index in [0.29, 0.717) is 0 Å². The van der Waals surface area contributed by atoms with E-state index in [1.165, 1.54) is 5.56 Å². The van der Waals surface area contributed by atoms with Crippen molar-refractivity contribution < 1.29 is 4.79 Å². The van der Waals surface area contributed by atoms with E-state index in [2.05, 4.69) is 26.6 Å². The first-order chi connectivity index (χ1) is 9.07. The van der Waals surface area contributed by atoms with E-state index in [-0.39, 0.29) is 11.3 Å². The maximum Gasteiger partial charge on any atom is 0.227 e. The molecular formula is C14H22N4O. The zero-order valence-electron chi connectivity index (χ0n) is 11.9. The maximum absolute atomic E-state index is 11.9. The molecule has 0 saturated carbocycles. The summed E-state index contributed by atoms with van der Waals surface area (Å²) in [6.07, 6.45) is 2.80. The van der Waals surface area contributed by atoms with E-state index in [9.17, 15) is 4.79 Å². The zero-order chi connectivity index (χ0) is 13.9. The minimum atomic E-state index is -0.257. The van der Waals surface area contributed by atoms with Crippen molar-refractivity contribution in [3.63, 3.8) is 0 Å². The average Bonchev–Trinajstić information content (AvgIpc) is 2.81. The summed E-state index contributed by atoms with van der Waals surface area (Å²) >= 11 is 0. The SMILES string of the molecule is CNC(=O)C1(C)CCN(Cc2ccc(NC)nc2)C1. The predicted octanol–water partition coefficient (Wildman–Crippen LogP) is 1.08. The molecule has 0 bridgehead atoms. The van der Waals surface area contributed by atoms with Crippen molar-refractivity contribution in [3.8, 4) is 0 Å². The highest BCUT2D eigenvalue weighted by atomic mass is 16.2. The van der Waals surface area contributed by atoms with Gasteiger partial charge in [-0.25, -0.2) is 4.98 Å². The van der Waals surface area contributed by atoms with Gasteiger partial charge in [0, 0.05) is 33.4 Å². The van der Waals surface area contributed by atoms with Crippen LogP contribution in [0.2, 0.25) is 0 Å². The van der Waals surface area contributed by atoms with Crippen LogP contribution in [0.3, 0.4) is 0 Å². The summed E-state index contributed by atoms with van der Waals surface area (Å²) in [5.41, 5.74) is 0.924. The number of nitrogens with zero attached hydrogens (tertiary/aromatic N) is 2. The maximum atomic E-state index is 11.9. The van der Waals surface area contributed by atoms with E-state index >= 15 is 0 Å². The summed E-state index contributed by atoms with van der Waals surface area (Å²) in [6.45, 7) is 4.65. The highest BCUT2D eigenvalue weighted by molar-refractivity contribution is 5.82. The number of likely N-dealkylation sites (tertiary alicyclic amines) is 1. The second kappa shape index (κ2) is 5.57. The zero-order valence-corrected chi connectivity index (χ0v) is 11.9. The van der Waals surface area contributed by atoms with Crippen molar-refractivity contribution in [3.05, 3.63) is 23.9 Å². The molecule has 1 saturated heterocycles. The van der Waals surface area contributed by atoms with E-state index < -0.39 is 0 Å². The molecule has 0 aliphatic carbocycles. The van der Waals surface area contributed by atoms with Gasteiger partial charge in [-0.3, -0.25) is 9.69 Å². The van der Waals surface area contributed by atoms with Crippen molar-refractivity contribution in [2.75, 3.05) is 32.5 Å². The fourth-order valence-corrected chi connectivity index (χ4v) is 2.60. The molecule has 1 fully saturated rings. The minimum Gasteiger partial charge on any atom is -0.373 e. The Morgan fingerprint density at radius 3 is 2.84 bits per heavy atom. The van der Waals surface area contributed by atoms with Gasteiger partial charge in [0.2, 0.25) is 5.91 Å². The van der Waals surface area contributed by atoms with E-state index in [4.69, 9.17) is 0 Å². The Morgan fingerprint density at radius 1 is 1.47 bits per heavy atom. The molecule has 1 aliphatic rings. The van der Waals surface area contributed by atoms with Gasteiger partial charge in [-0.15, -0.1) is 0 Å². The topological polar surface area (TPSA) is 57.3 Å². The number of hydrogen-bond donors (Lipinski definition) is 2. The number of rotatable bonds is 4. The van der Waals surface area contributed by atoms with Gasteiger partial charge in [0.25, 0.3) is 0 Å². The highest BCUT2D eigenvalue weighted by Gasteiger charge is 2.39. The number of hydrogen-bond acceptors (Lipinski definition) is 4. The molecular weight excluding hydrogens is 240 g/mol. The van der Waals surface area contributed by atoms with Gasteiger partial charge in [0.1, 0.15) is 5.82 Å². The molecule has 104 valence electrons. The largest absolute Gasteiger partial charge is 0.373 e. The third kappa shape index (κ3) is 3.04. The van der Waals surface area contributed by atoms with E-state index in [0.717, 1.165) is 31.9 Å². The number of amides is 1. The van der Waals surface area contributed by atoms with Gasteiger partial charge in [-0.1, -0.05) is 6.07 Å². The first-order valence-corrected chi connectivity index (χ1v) is 6.64. The molecule has 1 unspecified atom stereocenters. The van der Waals surface area contributed by atoms with Crippen LogP contribution in [-0.4, -0.2) is 43.0 Å². The Hall–Kier alpha value is -1.62. The smallest absolute Gasteiger partial charge is 0.227 e. The number of carbonyl (C=O) groups excluding carboxylic acids is 1. The van der Waals surface area contributed by atoms with Crippen LogP contribution in [0.1, 0.15) is 18.9 Å². The molecule has 0 spiro atoms. The molecule has 19 heavy (non-hydrogen) atoms. The lowest BCUT2D eigenvalue weighted by Crippen LogP contribution is -2.39. The van der Waals surface area contributed by atoms with Crippen LogP contribution in [0, 0.1) is 5.41 Å². The Morgan fingerprint density at radius 2 is 2.26 bits per heavy atom. The predicted molar refractivity (Wildman–Crippen MR) is 75.9 cm³/mol. The van der Waals surface area contributed by atoms with Gasteiger partial charge < -0.3 is 10.6 Å². The number of aromatic nitrogens is 1. The lowest BCUT2D eigenvalue weighted by Gasteiger charge is -2.22. The van der Waals surface area contributed by atoms with Gasteiger partial charge in [-0.2, -0.15) is 0 Å². The molecule has 5 nitrogen and oxygen atoms in total. The number of nitrogens with one attached hydrogen (secondary N) is 2. The minimum absolute atomic E-state index is 0.138. The molecule has 1 aromatic rings. The monoisotopic (exact) mass is 262 g/mol. The lowest BCUT2D eigenvalue weighted by atomic mass is 9.89. The van der Waals surface area contributed by atoms with Gasteiger partial charge in [0.05, 0.1) is 5.41 Å². The average molecular weight is 262 g/mol. The summed E-state index contributed by atoms with van der Waals surface area (Å²) in [4.78, 5) is 18.5. The molecule has 1 aromatic heterocycles. The normalized spacial score (nSPS) is 23.3. The lowest BCUT2D eigenvalue weighted by molar-refractivity contribution is -0.129. The van der Waals surface area contributed by atoms with E-state index in [1.54, 1.807) is 7.05 Å². The van der Waals surface area contributed by atoms with Crippen LogP contribution in [-0.2, 0) is 11.3 Å². The molecule has 1 aliphatic heterocycles. The quantitative estimate of drug-likeness (QED) is 0.852. The first kappa shape index (κ1) is 13.8. The third-order valence-corrected chi connectivity index (χ3v) is 3.81. The Balaban J connectivity index is 1.96. The fourth-order valence-electron chi connectivity index (χ4n) is 2.60. The molecule has 0 aromatic carbocycles. The van der Waals surface area contributed by atoms with Crippen LogP contribution in [0.5, 0.6) is 0 Å². The summed E-state index contributed by atoms with van der Waals surface area (Å²) in [6, 6.07) is 4.05. The molecule has 1 atom stereocenters. The molecule has 2 rings (SSSR count). The van der Waals surface area contributed by atoms with Crippen molar-refractivity contribution >= 4 is 11.7 Å². The van der Waals surface area contributed by atoms with Crippen LogP contribution in [0.15, 0.2) is 18.3 Å². The fraction of sp³-hybridized carbons (Fsp3) is 0.571. The summed E-state index contributed by atoms with van der Waals surface area (Å²) in [7, 11) is 3.56. The van der Waals surface area contributed by atoms with Gasteiger partial charge in [-0.05, 0) is 31.5 Å². The third-order valence-electron chi connectivity index (χ3n) is 3.81. The van der Waals surface area contributed by atoms with E-state index in [1.807, 2.05) is 26.2 Å². The van der Waals surface area contributed by atoms with Crippen LogP contribution >= 0.6 is 0 Å². The molecule has 5 heteroatoms. The van der Waals surface area contributed by atoms with Crippen molar-refractivity contribution in [1.29, 1.82) is 0 Å². The molecule has 2 heterocycles.